The number of ether oxygens (including phenoxy) is 1. The fraction of sp³-hybridized carbons (Fsp3) is 0.188. The Bertz CT molecular complexity index is 654. The average Bonchev–Trinajstić information content (AvgIpc) is 2.46. The Morgan fingerprint density at radius 3 is 2.48 bits per heavy atom. The molecule has 3 nitrogen and oxygen atoms in total. The van der Waals surface area contributed by atoms with E-state index in [1.165, 1.54) is 12.7 Å². The number of hydrogen-bond donors (Lipinski definition) is 1. The standard InChI is InChI=1S/C16H15Br2NO2/c1-10-3-5-11(6-4-10)9-19-15-13(16(20)21-2)7-12(17)8-14(15)18/h3-8,19H,9H2,1-2H3. The van der Waals surface area contributed by atoms with Crippen molar-refractivity contribution in [2.45, 2.75) is 13.5 Å². The second kappa shape index (κ2) is 7.09. The normalized spacial score (nSPS) is 10.3. The number of nitrogens with one attached hydrogen (secondary N) is 1. The highest BCUT2D eigenvalue weighted by atomic mass is 79.9. The molecule has 5 heteroatoms. The van der Waals surface area contributed by atoms with Crippen molar-refractivity contribution in [2.24, 2.45) is 0 Å². The molecule has 2 aromatic carbocycles. The van der Waals surface area contributed by atoms with Gasteiger partial charge in [0, 0.05) is 15.5 Å². The molecule has 0 spiro atoms. The maximum atomic E-state index is 11.9. The molecule has 2 aromatic rings. The quantitative estimate of drug-likeness (QED) is 0.724. The van der Waals surface area contributed by atoms with Crippen LogP contribution in [-0.4, -0.2) is 13.1 Å². The summed E-state index contributed by atoms with van der Waals surface area (Å²) in [4.78, 5) is 11.9. The molecule has 0 unspecified atom stereocenters. The van der Waals surface area contributed by atoms with E-state index in [4.69, 9.17) is 4.74 Å². The topological polar surface area (TPSA) is 38.3 Å². The molecule has 0 saturated carbocycles. The van der Waals surface area contributed by atoms with Gasteiger partial charge in [0.2, 0.25) is 0 Å². The molecule has 0 aliphatic heterocycles. The largest absolute Gasteiger partial charge is 0.465 e. The molecule has 0 aromatic heterocycles. The maximum Gasteiger partial charge on any atom is 0.340 e. The Hall–Kier alpha value is -1.33. The van der Waals surface area contributed by atoms with Crippen molar-refractivity contribution in [3.63, 3.8) is 0 Å². The molecule has 110 valence electrons. The third-order valence-corrected chi connectivity index (χ3v) is 4.13. The van der Waals surface area contributed by atoms with Crippen molar-refractivity contribution < 1.29 is 9.53 Å². The fourth-order valence-electron chi connectivity index (χ4n) is 1.92. The van der Waals surface area contributed by atoms with E-state index in [-0.39, 0.29) is 5.97 Å². The first-order valence-corrected chi connectivity index (χ1v) is 7.96. The number of benzene rings is 2. The van der Waals surface area contributed by atoms with Crippen LogP contribution >= 0.6 is 31.9 Å². The van der Waals surface area contributed by atoms with Crippen molar-refractivity contribution in [1.29, 1.82) is 0 Å². The van der Waals surface area contributed by atoms with E-state index in [1.54, 1.807) is 6.07 Å². The molecule has 0 aliphatic carbocycles. The van der Waals surface area contributed by atoms with Gasteiger partial charge in [-0.25, -0.2) is 4.79 Å². The van der Waals surface area contributed by atoms with Crippen molar-refractivity contribution in [3.05, 3.63) is 62.0 Å². The summed E-state index contributed by atoms with van der Waals surface area (Å²) >= 11 is 6.86. The van der Waals surface area contributed by atoms with Crippen LogP contribution in [0.15, 0.2) is 45.3 Å². The van der Waals surface area contributed by atoms with Crippen molar-refractivity contribution in [1.82, 2.24) is 0 Å². The van der Waals surface area contributed by atoms with Gasteiger partial charge >= 0.3 is 5.97 Å². The monoisotopic (exact) mass is 411 g/mol. The van der Waals surface area contributed by atoms with Gasteiger partial charge in [-0.15, -0.1) is 0 Å². The van der Waals surface area contributed by atoms with Crippen LogP contribution in [-0.2, 0) is 11.3 Å². The second-order valence-electron chi connectivity index (χ2n) is 4.64. The predicted molar refractivity (Wildman–Crippen MR) is 91.7 cm³/mol. The maximum absolute atomic E-state index is 11.9. The van der Waals surface area contributed by atoms with Crippen LogP contribution in [0, 0.1) is 6.92 Å². The SMILES string of the molecule is COC(=O)c1cc(Br)cc(Br)c1NCc1ccc(C)cc1. The number of aryl methyl sites for hydroxylation is 1. The average molecular weight is 413 g/mol. The van der Waals surface area contributed by atoms with Gasteiger partial charge in [0.15, 0.2) is 0 Å². The molecule has 0 saturated heterocycles. The van der Waals surface area contributed by atoms with E-state index in [2.05, 4.69) is 68.4 Å². The summed E-state index contributed by atoms with van der Waals surface area (Å²) in [7, 11) is 1.38. The number of hydrogen-bond acceptors (Lipinski definition) is 3. The summed E-state index contributed by atoms with van der Waals surface area (Å²) in [6, 6.07) is 11.9. The van der Waals surface area contributed by atoms with Crippen molar-refractivity contribution >= 4 is 43.5 Å². The van der Waals surface area contributed by atoms with Crippen molar-refractivity contribution in [3.8, 4) is 0 Å². The highest BCUT2D eigenvalue weighted by Crippen LogP contribution is 2.31. The molecule has 0 atom stereocenters. The lowest BCUT2D eigenvalue weighted by Gasteiger charge is -2.14. The van der Waals surface area contributed by atoms with Crippen LogP contribution in [0.25, 0.3) is 0 Å². The van der Waals surface area contributed by atoms with E-state index in [1.807, 2.05) is 6.07 Å². The number of carbonyl (C=O) groups excluding carboxylic acids is 1. The summed E-state index contributed by atoms with van der Waals surface area (Å²) in [5.41, 5.74) is 3.58. The molecule has 0 heterocycles. The third kappa shape index (κ3) is 4.08. The molecule has 0 bridgehead atoms. The Kier molecular flexibility index (Phi) is 5.42. The molecule has 0 radical (unpaired) electrons. The minimum absolute atomic E-state index is 0.372. The van der Waals surface area contributed by atoms with Crippen LogP contribution in [0.3, 0.4) is 0 Å². The number of anilines is 1. The molecule has 2 rings (SSSR count). The number of carbonyl (C=O) groups is 1. The van der Waals surface area contributed by atoms with E-state index in [0.29, 0.717) is 12.1 Å². The first kappa shape index (κ1) is 16.0. The fourth-order valence-corrected chi connectivity index (χ4v) is 3.29. The van der Waals surface area contributed by atoms with E-state index < -0.39 is 0 Å². The van der Waals surface area contributed by atoms with Crippen LogP contribution in [0.4, 0.5) is 5.69 Å². The van der Waals surface area contributed by atoms with Crippen LogP contribution in [0.5, 0.6) is 0 Å². The van der Waals surface area contributed by atoms with E-state index in [9.17, 15) is 4.79 Å². The lowest BCUT2D eigenvalue weighted by Crippen LogP contribution is -2.09. The Morgan fingerprint density at radius 2 is 1.86 bits per heavy atom. The molecular formula is C16H15Br2NO2. The van der Waals surface area contributed by atoms with Gasteiger partial charge < -0.3 is 10.1 Å². The van der Waals surface area contributed by atoms with Gasteiger partial charge in [0.05, 0.1) is 18.4 Å². The Morgan fingerprint density at radius 1 is 1.19 bits per heavy atom. The smallest absolute Gasteiger partial charge is 0.340 e. The van der Waals surface area contributed by atoms with E-state index in [0.717, 1.165) is 20.2 Å². The predicted octanol–water partition coefficient (Wildman–Crippen LogP) is 4.92. The van der Waals surface area contributed by atoms with Gasteiger partial charge in [0.1, 0.15) is 0 Å². The summed E-state index contributed by atoms with van der Waals surface area (Å²) in [6.45, 7) is 2.68. The van der Waals surface area contributed by atoms with Crippen molar-refractivity contribution in [2.75, 3.05) is 12.4 Å². The van der Waals surface area contributed by atoms with Crippen LogP contribution in [0.1, 0.15) is 21.5 Å². The Balaban J connectivity index is 2.26. The lowest BCUT2D eigenvalue weighted by atomic mass is 10.1. The first-order valence-electron chi connectivity index (χ1n) is 6.38. The number of methoxy groups -OCH3 is 1. The number of halogens is 2. The molecular weight excluding hydrogens is 398 g/mol. The minimum Gasteiger partial charge on any atom is -0.465 e. The summed E-state index contributed by atoms with van der Waals surface area (Å²) in [5.74, 6) is -0.372. The van der Waals surface area contributed by atoms with Gasteiger partial charge in [0.25, 0.3) is 0 Å². The summed E-state index contributed by atoms with van der Waals surface area (Å²) in [6.07, 6.45) is 0. The molecule has 21 heavy (non-hydrogen) atoms. The third-order valence-electron chi connectivity index (χ3n) is 3.05. The number of rotatable bonds is 4. The van der Waals surface area contributed by atoms with Gasteiger partial charge in [-0.3, -0.25) is 0 Å². The van der Waals surface area contributed by atoms with Gasteiger partial charge in [-0.05, 0) is 40.5 Å². The summed E-state index contributed by atoms with van der Waals surface area (Å²) in [5, 5.41) is 3.29. The molecule has 0 aliphatic rings. The molecule has 0 fully saturated rings. The molecule has 0 amide bonds. The van der Waals surface area contributed by atoms with Crippen LogP contribution in [0.2, 0.25) is 0 Å². The Labute approximate surface area is 141 Å². The van der Waals surface area contributed by atoms with E-state index >= 15 is 0 Å². The minimum atomic E-state index is -0.372. The zero-order valence-corrected chi connectivity index (χ0v) is 14.9. The van der Waals surface area contributed by atoms with Gasteiger partial charge in [-0.1, -0.05) is 45.8 Å². The number of esters is 1. The lowest BCUT2D eigenvalue weighted by molar-refractivity contribution is 0.0601. The van der Waals surface area contributed by atoms with Gasteiger partial charge in [-0.2, -0.15) is 0 Å². The van der Waals surface area contributed by atoms with Crippen LogP contribution < -0.4 is 5.32 Å². The highest BCUT2D eigenvalue weighted by molar-refractivity contribution is 9.11. The molecule has 1 N–H and O–H groups in total. The summed E-state index contributed by atoms with van der Waals surface area (Å²) < 4.78 is 6.46. The first-order chi connectivity index (χ1) is 10.0. The zero-order valence-electron chi connectivity index (χ0n) is 11.7. The second-order valence-corrected chi connectivity index (χ2v) is 6.41. The zero-order chi connectivity index (χ0) is 15.4. The highest BCUT2D eigenvalue weighted by Gasteiger charge is 2.15.